The fourth-order valence-corrected chi connectivity index (χ4v) is 2.95. The SMILES string of the molecule is C=Cc1ccc2cc3ccc(-c4ccccc4)cc3cc2c1. The van der Waals surface area contributed by atoms with Crippen LogP contribution in [0, 0.1) is 0 Å². The molecule has 4 aromatic rings. The molecular formula is C22H16. The molecule has 0 saturated carbocycles. The van der Waals surface area contributed by atoms with Gasteiger partial charge < -0.3 is 0 Å². The molecule has 0 aliphatic heterocycles. The Labute approximate surface area is 130 Å². The van der Waals surface area contributed by atoms with Gasteiger partial charge in [0, 0.05) is 0 Å². The lowest BCUT2D eigenvalue weighted by Gasteiger charge is -2.07. The first-order valence-corrected chi connectivity index (χ1v) is 7.49. The Bertz CT molecular complexity index is 979. The van der Waals surface area contributed by atoms with Crippen molar-refractivity contribution in [2.24, 2.45) is 0 Å². The molecular weight excluding hydrogens is 264 g/mol. The Hall–Kier alpha value is -2.86. The van der Waals surface area contributed by atoms with Gasteiger partial charge in [-0.3, -0.25) is 0 Å². The summed E-state index contributed by atoms with van der Waals surface area (Å²) in [5, 5.41) is 5.08. The molecule has 0 fully saturated rings. The second kappa shape index (κ2) is 5.16. The molecule has 22 heavy (non-hydrogen) atoms. The molecule has 0 saturated heterocycles. The molecule has 0 bridgehead atoms. The Morgan fingerprint density at radius 3 is 2.00 bits per heavy atom. The van der Waals surface area contributed by atoms with Gasteiger partial charge in [-0.1, -0.05) is 67.3 Å². The smallest absolute Gasteiger partial charge is 0.0171 e. The topological polar surface area (TPSA) is 0 Å². The van der Waals surface area contributed by atoms with E-state index in [1.807, 2.05) is 6.08 Å². The molecule has 0 heterocycles. The van der Waals surface area contributed by atoms with Crippen molar-refractivity contribution in [3.8, 4) is 11.1 Å². The van der Waals surface area contributed by atoms with Gasteiger partial charge >= 0.3 is 0 Å². The standard InChI is InChI=1S/C22H16/c1-2-16-8-9-19-13-20-11-10-18(17-6-4-3-5-7-17)14-22(20)15-21(19)12-16/h2-15H,1H2. The van der Waals surface area contributed by atoms with Gasteiger partial charge in [-0.2, -0.15) is 0 Å². The summed E-state index contributed by atoms with van der Waals surface area (Å²) in [7, 11) is 0. The van der Waals surface area contributed by atoms with Gasteiger partial charge in [0.2, 0.25) is 0 Å². The van der Waals surface area contributed by atoms with E-state index in [9.17, 15) is 0 Å². The minimum Gasteiger partial charge on any atom is -0.0985 e. The van der Waals surface area contributed by atoms with Crippen molar-refractivity contribution < 1.29 is 0 Å². The van der Waals surface area contributed by atoms with Crippen LogP contribution in [0.3, 0.4) is 0 Å². The summed E-state index contributed by atoms with van der Waals surface area (Å²) in [5.74, 6) is 0. The van der Waals surface area contributed by atoms with E-state index in [0.717, 1.165) is 5.56 Å². The van der Waals surface area contributed by atoms with Crippen LogP contribution in [0.15, 0.2) is 85.4 Å². The number of benzene rings is 4. The molecule has 104 valence electrons. The van der Waals surface area contributed by atoms with E-state index in [0.29, 0.717) is 0 Å². The zero-order valence-electron chi connectivity index (χ0n) is 12.3. The molecule has 4 aromatic carbocycles. The largest absolute Gasteiger partial charge is 0.0985 e. The Morgan fingerprint density at radius 1 is 0.545 bits per heavy atom. The Kier molecular flexibility index (Phi) is 3.01. The zero-order chi connectivity index (χ0) is 14.9. The summed E-state index contributed by atoms with van der Waals surface area (Å²) in [6.07, 6.45) is 1.89. The number of hydrogen-bond donors (Lipinski definition) is 0. The number of rotatable bonds is 2. The third kappa shape index (κ3) is 2.19. The van der Waals surface area contributed by atoms with Gasteiger partial charge in [-0.05, 0) is 62.5 Å². The molecule has 0 radical (unpaired) electrons. The highest BCUT2D eigenvalue weighted by Gasteiger charge is 2.02. The minimum atomic E-state index is 1.16. The molecule has 0 heteroatoms. The van der Waals surface area contributed by atoms with Crippen LogP contribution in [-0.2, 0) is 0 Å². The van der Waals surface area contributed by atoms with E-state index in [1.54, 1.807) is 0 Å². The quantitative estimate of drug-likeness (QED) is 0.378. The second-order valence-electron chi connectivity index (χ2n) is 5.59. The summed E-state index contributed by atoms with van der Waals surface area (Å²) in [6, 6.07) is 28.2. The Balaban J connectivity index is 1.94. The highest BCUT2D eigenvalue weighted by atomic mass is 14.1. The van der Waals surface area contributed by atoms with Gasteiger partial charge in [0.05, 0.1) is 0 Å². The molecule has 0 aliphatic carbocycles. The number of hydrogen-bond acceptors (Lipinski definition) is 0. The molecule has 0 unspecified atom stereocenters. The van der Waals surface area contributed by atoms with Crippen LogP contribution in [0.5, 0.6) is 0 Å². The van der Waals surface area contributed by atoms with Crippen LogP contribution in [-0.4, -0.2) is 0 Å². The second-order valence-corrected chi connectivity index (χ2v) is 5.59. The van der Waals surface area contributed by atoms with E-state index in [-0.39, 0.29) is 0 Å². The third-order valence-corrected chi connectivity index (χ3v) is 4.16. The first-order chi connectivity index (χ1) is 10.8. The predicted molar refractivity (Wildman–Crippen MR) is 97.0 cm³/mol. The van der Waals surface area contributed by atoms with Crippen LogP contribution in [0.4, 0.5) is 0 Å². The van der Waals surface area contributed by atoms with Crippen molar-refractivity contribution in [1.29, 1.82) is 0 Å². The normalized spacial score (nSPS) is 10.9. The first kappa shape index (κ1) is 12.8. The van der Waals surface area contributed by atoms with Gasteiger partial charge in [-0.25, -0.2) is 0 Å². The molecule has 0 aromatic heterocycles. The van der Waals surface area contributed by atoms with Crippen molar-refractivity contribution in [2.45, 2.75) is 0 Å². The maximum atomic E-state index is 3.85. The van der Waals surface area contributed by atoms with Crippen molar-refractivity contribution in [3.63, 3.8) is 0 Å². The fraction of sp³-hybridized carbons (Fsp3) is 0. The van der Waals surface area contributed by atoms with E-state index in [2.05, 4.69) is 85.4 Å². The van der Waals surface area contributed by atoms with Gasteiger partial charge in [0.15, 0.2) is 0 Å². The van der Waals surface area contributed by atoms with Crippen molar-refractivity contribution in [2.75, 3.05) is 0 Å². The predicted octanol–water partition coefficient (Wildman–Crippen LogP) is 6.30. The first-order valence-electron chi connectivity index (χ1n) is 7.49. The summed E-state index contributed by atoms with van der Waals surface area (Å²) in [5.41, 5.74) is 3.67. The lowest BCUT2D eigenvalue weighted by Crippen LogP contribution is -1.81. The maximum Gasteiger partial charge on any atom is -0.0171 e. The zero-order valence-corrected chi connectivity index (χ0v) is 12.3. The molecule has 0 nitrogen and oxygen atoms in total. The van der Waals surface area contributed by atoms with Crippen LogP contribution >= 0.6 is 0 Å². The monoisotopic (exact) mass is 280 g/mol. The lowest BCUT2D eigenvalue weighted by molar-refractivity contribution is 1.65. The van der Waals surface area contributed by atoms with E-state index in [1.165, 1.54) is 32.7 Å². The number of fused-ring (bicyclic) bond motifs is 2. The lowest BCUT2D eigenvalue weighted by atomic mass is 9.98. The highest BCUT2D eigenvalue weighted by molar-refractivity contribution is 6.00. The van der Waals surface area contributed by atoms with E-state index in [4.69, 9.17) is 0 Å². The summed E-state index contributed by atoms with van der Waals surface area (Å²) >= 11 is 0. The van der Waals surface area contributed by atoms with Gasteiger partial charge in [0.25, 0.3) is 0 Å². The van der Waals surface area contributed by atoms with E-state index < -0.39 is 0 Å². The molecule has 0 spiro atoms. The minimum absolute atomic E-state index is 1.16. The highest BCUT2D eigenvalue weighted by Crippen LogP contribution is 2.28. The van der Waals surface area contributed by atoms with Crippen LogP contribution in [0.1, 0.15) is 5.56 Å². The van der Waals surface area contributed by atoms with Gasteiger partial charge in [-0.15, -0.1) is 0 Å². The van der Waals surface area contributed by atoms with Crippen molar-refractivity contribution >= 4 is 27.6 Å². The Morgan fingerprint density at radius 2 is 1.23 bits per heavy atom. The van der Waals surface area contributed by atoms with Crippen LogP contribution in [0.25, 0.3) is 38.7 Å². The van der Waals surface area contributed by atoms with Crippen molar-refractivity contribution in [3.05, 3.63) is 91.0 Å². The summed E-state index contributed by atoms with van der Waals surface area (Å²) in [6.45, 7) is 3.85. The van der Waals surface area contributed by atoms with Crippen LogP contribution < -0.4 is 0 Å². The van der Waals surface area contributed by atoms with Crippen molar-refractivity contribution in [1.82, 2.24) is 0 Å². The summed E-state index contributed by atoms with van der Waals surface area (Å²) in [4.78, 5) is 0. The molecule has 0 N–H and O–H groups in total. The van der Waals surface area contributed by atoms with Gasteiger partial charge in [0.1, 0.15) is 0 Å². The molecule has 0 atom stereocenters. The average Bonchev–Trinajstić information content (AvgIpc) is 2.59. The maximum absolute atomic E-state index is 3.85. The average molecular weight is 280 g/mol. The molecule has 0 amide bonds. The fourth-order valence-electron chi connectivity index (χ4n) is 2.95. The molecule has 4 rings (SSSR count). The summed E-state index contributed by atoms with van der Waals surface area (Å²) < 4.78 is 0. The van der Waals surface area contributed by atoms with Crippen LogP contribution in [0.2, 0.25) is 0 Å². The third-order valence-electron chi connectivity index (χ3n) is 4.16. The van der Waals surface area contributed by atoms with E-state index >= 15 is 0 Å². The molecule has 0 aliphatic rings.